The van der Waals surface area contributed by atoms with Gasteiger partial charge in [-0.1, -0.05) is 47.6 Å². The van der Waals surface area contributed by atoms with E-state index in [-0.39, 0.29) is 5.91 Å². The van der Waals surface area contributed by atoms with Crippen molar-refractivity contribution in [3.05, 3.63) is 71.8 Å². The van der Waals surface area contributed by atoms with Crippen molar-refractivity contribution in [2.24, 2.45) is 5.16 Å². The molecule has 1 aromatic heterocycles. The minimum Gasteiger partial charge on any atom is -0.495 e. The summed E-state index contributed by atoms with van der Waals surface area (Å²) in [6.07, 6.45) is 0.807. The predicted molar refractivity (Wildman–Crippen MR) is 118 cm³/mol. The van der Waals surface area contributed by atoms with Gasteiger partial charge in [0.1, 0.15) is 16.9 Å². The van der Waals surface area contributed by atoms with E-state index in [1.807, 2.05) is 61.5 Å². The molecular formula is C24H22N2O4. The normalized spacial score (nSPS) is 12.4. The van der Waals surface area contributed by atoms with Crippen molar-refractivity contribution in [1.82, 2.24) is 0 Å². The number of methoxy groups -OCH3 is 1. The van der Waals surface area contributed by atoms with Crippen molar-refractivity contribution >= 4 is 39.7 Å². The summed E-state index contributed by atoms with van der Waals surface area (Å²) in [5.41, 5.74) is 3.96. The third-order valence-electron chi connectivity index (χ3n) is 4.93. The number of furan rings is 1. The molecule has 1 heterocycles. The number of para-hydroxylation sites is 1. The average molecular weight is 402 g/mol. The van der Waals surface area contributed by atoms with E-state index >= 15 is 0 Å². The quantitative estimate of drug-likeness (QED) is 0.352. The van der Waals surface area contributed by atoms with E-state index in [0.29, 0.717) is 17.0 Å². The zero-order valence-electron chi connectivity index (χ0n) is 17.0. The Morgan fingerprint density at radius 3 is 2.63 bits per heavy atom. The van der Waals surface area contributed by atoms with E-state index in [0.717, 1.165) is 27.5 Å². The molecule has 0 aliphatic heterocycles. The lowest BCUT2D eigenvalue weighted by Gasteiger charge is -2.13. The lowest BCUT2D eigenvalue weighted by molar-refractivity contribution is -0.126. The number of hydrogen-bond acceptors (Lipinski definition) is 5. The van der Waals surface area contributed by atoms with Crippen molar-refractivity contribution in [2.45, 2.75) is 20.0 Å². The molecular weight excluding hydrogens is 380 g/mol. The Balaban J connectivity index is 1.51. The summed E-state index contributed by atoms with van der Waals surface area (Å²) < 4.78 is 11.4. The summed E-state index contributed by atoms with van der Waals surface area (Å²) in [5.74, 6) is 0.198. The largest absolute Gasteiger partial charge is 0.495 e. The van der Waals surface area contributed by atoms with Crippen LogP contribution >= 0.6 is 0 Å². The topological polar surface area (TPSA) is 73.1 Å². The van der Waals surface area contributed by atoms with Gasteiger partial charge in [0.2, 0.25) is 6.10 Å². The van der Waals surface area contributed by atoms with Crippen LogP contribution in [-0.2, 0) is 9.63 Å². The first-order valence-electron chi connectivity index (χ1n) is 9.62. The van der Waals surface area contributed by atoms with Crippen LogP contribution in [0, 0.1) is 6.92 Å². The first kappa shape index (κ1) is 19.5. The summed E-state index contributed by atoms with van der Waals surface area (Å²) in [6.45, 7) is 3.62. The molecule has 0 aliphatic carbocycles. The maximum Gasteiger partial charge on any atom is 0.268 e. The second-order valence-electron chi connectivity index (χ2n) is 6.97. The smallest absolute Gasteiger partial charge is 0.268 e. The number of nitrogens with zero attached hydrogens (tertiary/aromatic N) is 1. The van der Waals surface area contributed by atoms with Crippen LogP contribution in [0.15, 0.2) is 70.2 Å². The molecule has 0 radical (unpaired) electrons. The summed E-state index contributed by atoms with van der Waals surface area (Å²) in [5, 5.41) is 8.70. The monoisotopic (exact) mass is 402 g/mol. The number of aryl methyl sites for hydroxylation is 1. The van der Waals surface area contributed by atoms with Crippen molar-refractivity contribution in [3.8, 4) is 5.75 Å². The van der Waals surface area contributed by atoms with Gasteiger partial charge in [-0.2, -0.15) is 0 Å². The number of rotatable bonds is 6. The molecule has 0 fully saturated rings. The highest BCUT2D eigenvalue weighted by atomic mass is 16.6. The van der Waals surface area contributed by atoms with Gasteiger partial charge in [0.25, 0.3) is 5.91 Å². The Morgan fingerprint density at radius 1 is 1.07 bits per heavy atom. The number of fused-ring (bicyclic) bond motifs is 3. The Morgan fingerprint density at radius 2 is 1.83 bits per heavy atom. The fourth-order valence-corrected chi connectivity index (χ4v) is 3.21. The number of anilines is 1. The second-order valence-corrected chi connectivity index (χ2v) is 6.97. The number of nitrogens with one attached hydrogen (secondary N) is 1. The number of benzene rings is 3. The van der Waals surface area contributed by atoms with E-state index in [4.69, 9.17) is 14.0 Å². The van der Waals surface area contributed by atoms with Gasteiger partial charge < -0.3 is 19.3 Å². The molecule has 0 saturated heterocycles. The van der Waals surface area contributed by atoms with E-state index < -0.39 is 6.10 Å². The lowest BCUT2D eigenvalue weighted by atomic mass is 10.1. The molecule has 30 heavy (non-hydrogen) atoms. The van der Waals surface area contributed by atoms with E-state index in [1.54, 1.807) is 26.3 Å². The second kappa shape index (κ2) is 8.29. The maximum atomic E-state index is 12.6. The van der Waals surface area contributed by atoms with Crippen LogP contribution in [0.4, 0.5) is 5.69 Å². The highest BCUT2D eigenvalue weighted by molar-refractivity contribution is 6.08. The van der Waals surface area contributed by atoms with Gasteiger partial charge in [0.05, 0.1) is 19.0 Å². The fraction of sp³-hybridized carbons (Fsp3) is 0.167. The molecule has 152 valence electrons. The Labute approximate surface area is 174 Å². The highest BCUT2D eigenvalue weighted by Crippen LogP contribution is 2.36. The lowest BCUT2D eigenvalue weighted by Crippen LogP contribution is -2.26. The molecule has 1 amide bonds. The average Bonchev–Trinajstić information content (AvgIpc) is 3.11. The minimum atomic E-state index is -0.790. The molecule has 1 atom stereocenters. The summed E-state index contributed by atoms with van der Waals surface area (Å²) >= 11 is 0. The standard InChI is InChI=1S/C24H22N2O4/c1-15-8-4-5-9-17(15)14-25-30-16(2)24(27)26-20-13-22-19(12-23(20)28-3)18-10-6-7-11-21(18)29-22/h4-14,16H,1-3H3,(H,26,27)/b25-14-/t16-/m1/s1. The number of amides is 1. The number of oxime groups is 1. The Kier molecular flexibility index (Phi) is 5.39. The maximum absolute atomic E-state index is 12.6. The van der Waals surface area contributed by atoms with Crippen molar-refractivity contribution in [2.75, 3.05) is 12.4 Å². The van der Waals surface area contributed by atoms with Gasteiger partial charge in [-0.15, -0.1) is 0 Å². The van der Waals surface area contributed by atoms with E-state index in [9.17, 15) is 4.79 Å². The molecule has 6 nitrogen and oxygen atoms in total. The van der Waals surface area contributed by atoms with Crippen LogP contribution in [-0.4, -0.2) is 25.3 Å². The van der Waals surface area contributed by atoms with Crippen LogP contribution in [0.25, 0.3) is 21.9 Å². The zero-order chi connectivity index (χ0) is 21.1. The van der Waals surface area contributed by atoms with Gasteiger partial charge in [-0.3, -0.25) is 4.79 Å². The summed E-state index contributed by atoms with van der Waals surface area (Å²) in [6, 6.07) is 19.2. The molecule has 4 aromatic rings. The molecule has 0 spiro atoms. The molecule has 0 aliphatic rings. The third kappa shape index (κ3) is 3.85. The van der Waals surface area contributed by atoms with E-state index in [2.05, 4.69) is 10.5 Å². The first-order valence-corrected chi connectivity index (χ1v) is 9.62. The van der Waals surface area contributed by atoms with Crippen LogP contribution in [0.3, 0.4) is 0 Å². The SMILES string of the molecule is COc1cc2c(cc1NC(=O)[C@@H](C)O/N=C\c1ccccc1C)oc1ccccc12. The number of carbonyl (C=O) groups is 1. The molecule has 0 saturated carbocycles. The van der Waals surface area contributed by atoms with Gasteiger partial charge in [0.15, 0.2) is 0 Å². The molecule has 6 heteroatoms. The Hall–Kier alpha value is -3.80. The van der Waals surface area contributed by atoms with Crippen LogP contribution in [0.1, 0.15) is 18.1 Å². The van der Waals surface area contributed by atoms with E-state index in [1.165, 1.54) is 0 Å². The molecule has 1 N–H and O–H groups in total. The van der Waals surface area contributed by atoms with Crippen molar-refractivity contribution < 1.29 is 18.8 Å². The number of hydrogen-bond donors (Lipinski definition) is 1. The van der Waals surface area contributed by atoms with Crippen LogP contribution in [0.2, 0.25) is 0 Å². The molecule has 0 unspecified atom stereocenters. The minimum absolute atomic E-state index is 0.342. The summed E-state index contributed by atoms with van der Waals surface area (Å²) in [7, 11) is 1.56. The highest BCUT2D eigenvalue weighted by Gasteiger charge is 2.18. The zero-order valence-corrected chi connectivity index (χ0v) is 17.0. The number of ether oxygens (including phenoxy) is 1. The Bertz CT molecular complexity index is 1240. The van der Waals surface area contributed by atoms with Crippen LogP contribution in [0.5, 0.6) is 5.75 Å². The summed E-state index contributed by atoms with van der Waals surface area (Å²) in [4.78, 5) is 17.9. The number of carbonyl (C=O) groups excluding carboxylic acids is 1. The van der Waals surface area contributed by atoms with Crippen LogP contribution < -0.4 is 10.1 Å². The fourth-order valence-electron chi connectivity index (χ4n) is 3.21. The molecule has 4 rings (SSSR count). The molecule has 0 bridgehead atoms. The van der Waals surface area contributed by atoms with Crippen molar-refractivity contribution in [3.63, 3.8) is 0 Å². The van der Waals surface area contributed by atoms with Gasteiger partial charge in [-0.05, 0) is 37.1 Å². The molecule has 3 aromatic carbocycles. The van der Waals surface area contributed by atoms with Gasteiger partial charge >= 0.3 is 0 Å². The van der Waals surface area contributed by atoms with Crippen molar-refractivity contribution in [1.29, 1.82) is 0 Å². The third-order valence-corrected chi connectivity index (χ3v) is 4.93. The first-order chi connectivity index (χ1) is 14.6. The van der Waals surface area contributed by atoms with Gasteiger partial charge in [0, 0.05) is 16.8 Å². The van der Waals surface area contributed by atoms with Gasteiger partial charge in [-0.25, -0.2) is 0 Å². The predicted octanol–water partition coefficient (Wildman–Crippen LogP) is 5.28.